The molecule has 0 spiro atoms. The van der Waals surface area contributed by atoms with Gasteiger partial charge in [0.1, 0.15) is 11.4 Å². The van der Waals surface area contributed by atoms with Gasteiger partial charge in [0.15, 0.2) is 5.69 Å². The lowest BCUT2D eigenvalue weighted by Crippen LogP contribution is -2.05. The van der Waals surface area contributed by atoms with Crippen LogP contribution in [0.2, 0.25) is 0 Å². The lowest BCUT2D eigenvalue weighted by Gasteiger charge is -2.02. The van der Waals surface area contributed by atoms with Gasteiger partial charge < -0.3 is 9.47 Å². The van der Waals surface area contributed by atoms with Crippen molar-refractivity contribution in [3.05, 3.63) is 46.0 Å². The maximum atomic E-state index is 11.7. The molecule has 124 valence electrons. The van der Waals surface area contributed by atoms with Crippen molar-refractivity contribution in [1.82, 2.24) is 14.8 Å². The number of esters is 1. The van der Waals surface area contributed by atoms with Crippen molar-refractivity contribution in [3.63, 3.8) is 0 Å². The normalized spacial score (nSPS) is 10.6. The van der Waals surface area contributed by atoms with Gasteiger partial charge in [-0.25, -0.2) is 14.5 Å². The number of benzene rings is 1. The lowest BCUT2D eigenvalue weighted by molar-refractivity contribution is 0.0520. The Labute approximate surface area is 151 Å². The molecule has 24 heavy (non-hydrogen) atoms. The third kappa shape index (κ3) is 3.34. The maximum absolute atomic E-state index is 11.7. The average molecular weight is 408 g/mol. The van der Waals surface area contributed by atoms with Crippen LogP contribution in [0.1, 0.15) is 17.4 Å². The first-order valence-electron chi connectivity index (χ1n) is 7.15. The molecule has 0 amide bonds. The van der Waals surface area contributed by atoms with Crippen LogP contribution in [0.4, 0.5) is 0 Å². The van der Waals surface area contributed by atoms with E-state index < -0.39 is 5.97 Å². The van der Waals surface area contributed by atoms with E-state index in [9.17, 15) is 4.79 Å². The molecule has 3 rings (SSSR count). The predicted molar refractivity (Wildman–Crippen MR) is 94.9 cm³/mol. The highest BCUT2D eigenvalue weighted by Gasteiger charge is 2.16. The summed E-state index contributed by atoms with van der Waals surface area (Å²) in [5.74, 6) is 0.326. The van der Waals surface area contributed by atoms with Gasteiger partial charge in [0.05, 0.1) is 18.2 Å². The molecule has 0 N–H and O–H groups in total. The number of ether oxygens (including phenoxy) is 2. The molecule has 0 radical (unpaired) electrons. The Morgan fingerprint density at radius 1 is 1.42 bits per heavy atom. The Morgan fingerprint density at radius 3 is 3.00 bits per heavy atom. The summed E-state index contributed by atoms with van der Waals surface area (Å²) in [4.78, 5) is 16.0. The number of thiazole rings is 1. The fourth-order valence-electron chi connectivity index (χ4n) is 2.09. The van der Waals surface area contributed by atoms with Crippen molar-refractivity contribution in [2.75, 3.05) is 13.7 Å². The zero-order valence-electron chi connectivity index (χ0n) is 13.0. The molecule has 0 aliphatic heterocycles. The predicted octanol–water partition coefficient (Wildman–Crippen LogP) is 3.94. The standard InChI is InChI=1S/C16H14BrN3O3S/c1-3-23-15(21)13-9-24-16(18-13)20-8-12(17)14(19-20)10-5-4-6-11(7-10)22-2/h4-9H,3H2,1-2H3. The van der Waals surface area contributed by atoms with Crippen LogP contribution in [0.3, 0.4) is 0 Å². The van der Waals surface area contributed by atoms with E-state index in [1.807, 2.05) is 30.5 Å². The van der Waals surface area contributed by atoms with Crippen molar-refractivity contribution in [2.24, 2.45) is 0 Å². The molecule has 6 nitrogen and oxygen atoms in total. The third-order valence-electron chi connectivity index (χ3n) is 3.19. The average Bonchev–Trinajstić information content (AvgIpc) is 3.22. The van der Waals surface area contributed by atoms with Crippen LogP contribution < -0.4 is 4.74 Å². The number of aromatic nitrogens is 3. The number of methoxy groups -OCH3 is 1. The molecule has 2 heterocycles. The summed E-state index contributed by atoms with van der Waals surface area (Å²) in [5.41, 5.74) is 1.97. The summed E-state index contributed by atoms with van der Waals surface area (Å²) >= 11 is 4.84. The van der Waals surface area contributed by atoms with E-state index in [0.717, 1.165) is 21.5 Å². The maximum Gasteiger partial charge on any atom is 0.357 e. The quantitative estimate of drug-likeness (QED) is 0.599. The largest absolute Gasteiger partial charge is 0.497 e. The van der Waals surface area contributed by atoms with E-state index in [1.165, 1.54) is 11.3 Å². The van der Waals surface area contributed by atoms with Crippen LogP contribution >= 0.6 is 27.3 Å². The van der Waals surface area contributed by atoms with Crippen LogP contribution in [0.25, 0.3) is 16.4 Å². The summed E-state index contributed by atoms with van der Waals surface area (Å²) in [7, 11) is 1.62. The Bertz CT molecular complexity index is 875. The smallest absolute Gasteiger partial charge is 0.357 e. The van der Waals surface area contributed by atoms with Crippen molar-refractivity contribution in [1.29, 1.82) is 0 Å². The van der Waals surface area contributed by atoms with E-state index >= 15 is 0 Å². The summed E-state index contributed by atoms with van der Waals surface area (Å²) in [6, 6.07) is 7.64. The Balaban J connectivity index is 1.93. The van der Waals surface area contributed by atoms with Gasteiger partial charge in [-0.05, 0) is 35.0 Å². The molecule has 8 heteroatoms. The van der Waals surface area contributed by atoms with Gasteiger partial charge >= 0.3 is 5.97 Å². The highest BCUT2D eigenvalue weighted by molar-refractivity contribution is 9.10. The van der Waals surface area contributed by atoms with Crippen molar-refractivity contribution >= 4 is 33.2 Å². The summed E-state index contributed by atoms with van der Waals surface area (Å²) in [5, 5.41) is 6.81. The molecule has 0 aliphatic rings. The first kappa shape index (κ1) is 16.7. The van der Waals surface area contributed by atoms with Gasteiger partial charge in [-0.2, -0.15) is 5.10 Å². The number of rotatable bonds is 5. The molecule has 0 aliphatic carbocycles. The van der Waals surface area contributed by atoms with Crippen molar-refractivity contribution in [3.8, 4) is 22.1 Å². The monoisotopic (exact) mass is 407 g/mol. The van der Waals surface area contributed by atoms with Gasteiger partial charge in [-0.15, -0.1) is 11.3 Å². The second-order valence-electron chi connectivity index (χ2n) is 4.74. The van der Waals surface area contributed by atoms with Crippen LogP contribution in [0.15, 0.2) is 40.3 Å². The highest BCUT2D eigenvalue weighted by atomic mass is 79.9. The Hall–Kier alpha value is -2.19. The Kier molecular flexibility index (Phi) is 4.96. The number of hydrogen-bond donors (Lipinski definition) is 0. The molecule has 0 atom stereocenters. The van der Waals surface area contributed by atoms with E-state index in [-0.39, 0.29) is 5.69 Å². The molecular formula is C16H14BrN3O3S. The zero-order valence-corrected chi connectivity index (χ0v) is 15.4. The van der Waals surface area contributed by atoms with E-state index in [0.29, 0.717) is 11.7 Å². The minimum atomic E-state index is -0.431. The van der Waals surface area contributed by atoms with Crippen LogP contribution in [0, 0.1) is 0 Å². The number of carbonyl (C=O) groups excluding carboxylic acids is 1. The number of hydrogen-bond acceptors (Lipinski definition) is 6. The summed E-state index contributed by atoms with van der Waals surface area (Å²) in [6.07, 6.45) is 1.81. The van der Waals surface area contributed by atoms with E-state index in [2.05, 4.69) is 26.0 Å². The number of nitrogens with zero attached hydrogens (tertiary/aromatic N) is 3. The van der Waals surface area contributed by atoms with Crippen LogP contribution in [0.5, 0.6) is 5.75 Å². The molecule has 3 aromatic rings. The zero-order chi connectivity index (χ0) is 17.1. The first-order valence-corrected chi connectivity index (χ1v) is 8.82. The fraction of sp³-hybridized carbons (Fsp3) is 0.188. The van der Waals surface area contributed by atoms with Gasteiger partial charge in [-0.3, -0.25) is 0 Å². The van der Waals surface area contributed by atoms with Gasteiger partial charge in [-0.1, -0.05) is 12.1 Å². The molecule has 0 bridgehead atoms. The van der Waals surface area contributed by atoms with Crippen molar-refractivity contribution in [2.45, 2.75) is 6.92 Å². The number of halogens is 1. The molecule has 0 unspecified atom stereocenters. The SMILES string of the molecule is CCOC(=O)c1csc(-n2cc(Br)c(-c3cccc(OC)c3)n2)n1. The second-order valence-corrected chi connectivity index (χ2v) is 6.43. The molecule has 0 saturated heterocycles. The molecule has 1 aromatic carbocycles. The molecule has 2 aromatic heterocycles. The van der Waals surface area contributed by atoms with Gasteiger partial charge in [0.2, 0.25) is 5.13 Å². The Morgan fingerprint density at radius 2 is 2.25 bits per heavy atom. The van der Waals surface area contributed by atoms with E-state index in [4.69, 9.17) is 9.47 Å². The van der Waals surface area contributed by atoms with E-state index in [1.54, 1.807) is 24.1 Å². The summed E-state index contributed by atoms with van der Waals surface area (Å²) in [6.45, 7) is 2.08. The van der Waals surface area contributed by atoms with Crippen LogP contribution in [-0.2, 0) is 4.74 Å². The lowest BCUT2D eigenvalue weighted by atomic mass is 10.1. The van der Waals surface area contributed by atoms with Gasteiger partial charge in [0.25, 0.3) is 0 Å². The minimum absolute atomic E-state index is 0.284. The number of carbonyl (C=O) groups is 1. The summed E-state index contributed by atoms with van der Waals surface area (Å²) < 4.78 is 12.7. The third-order valence-corrected chi connectivity index (χ3v) is 4.60. The molecule has 0 fully saturated rings. The molecular weight excluding hydrogens is 394 g/mol. The fourth-order valence-corrected chi connectivity index (χ4v) is 3.31. The minimum Gasteiger partial charge on any atom is -0.497 e. The van der Waals surface area contributed by atoms with Crippen LogP contribution in [-0.4, -0.2) is 34.5 Å². The first-order chi connectivity index (χ1) is 11.6. The van der Waals surface area contributed by atoms with Gasteiger partial charge in [0, 0.05) is 17.1 Å². The highest BCUT2D eigenvalue weighted by Crippen LogP contribution is 2.30. The molecule has 0 saturated carbocycles. The topological polar surface area (TPSA) is 66.2 Å². The second kappa shape index (κ2) is 7.14. The van der Waals surface area contributed by atoms with Crippen molar-refractivity contribution < 1.29 is 14.3 Å².